The molecule has 2 fully saturated rings. The quantitative estimate of drug-likeness (QED) is 0.358. The van der Waals surface area contributed by atoms with Gasteiger partial charge in [-0.05, 0) is 70.2 Å². The molecule has 7 heteroatoms. The zero-order chi connectivity index (χ0) is 27.6. The van der Waals surface area contributed by atoms with Crippen LogP contribution in [0.5, 0.6) is 0 Å². The van der Waals surface area contributed by atoms with Gasteiger partial charge in [0.2, 0.25) is 0 Å². The fourth-order valence-corrected chi connectivity index (χ4v) is 6.44. The van der Waals surface area contributed by atoms with Crippen LogP contribution in [0, 0.1) is 11.3 Å². The van der Waals surface area contributed by atoms with E-state index < -0.39 is 0 Å². The van der Waals surface area contributed by atoms with Crippen LogP contribution in [-0.4, -0.2) is 45.7 Å². The van der Waals surface area contributed by atoms with Gasteiger partial charge in [-0.2, -0.15) is 15.5 Å². The van der Waals surface area contributed by atoms with Gasteiger partial charge in [0.1, 0.15) is 0 Å². The second kappa shape index (κ2) is 11.6. The van der Waals surface area contributed by atoms with Crippen molar-refractivity contribution in [3.05, 3.63) is 82.7 Å². The Labute approximate surface area is 242 Å². The first-order chi connectivity index (χ1) is 20.3. The first kappa shape index (κ1) is 26.2. The smallest absolute Gasteiger partial charge is 0.0991 e. The molecule has 0 amide bonds. The Balaban J connectivity index is 0.000000136. The molecule has 210 valence electrons. The molecule has 8 rings (SSSR count). The van der Waals surface area contributed by atoms with Gasteiger partial charge in [-0.25, -0.2) is 0 Å². The molecule has 0 bridgehead atoms. The highest BCUT2D eigenvalue weighted by atomic mass is 15.3. The molecular weight excluding hydrogens is 506 g/mol. The van der Waals surface area contributed by atoms with Crippen LogP contribution >= 0.6 is 0 Å². The lowest BCUT2D eigenvalue weighted by Crippen LogP contribution is -2.21. The van der Waals surface area contributed by atoms with E-state index >= 15 is 0 Å². The van der Waals surface area contributed by atoms with Crippen LogP contribution in [0.1, 0.15) is 72.3 Å². The van der Waals surface area contributed by atoms with E-state index in [-0.39, 0.29) is 0 Å². The predicted octanol–water partition coefficient (Wildman–Crippen LogP) is 5.41. The van der Waals surface area contributed by atoms with Crippen LogP contribution in [0.2, 0.25) is 0 Å². The maximum Gasteiger partial charge on any atom is 0.0991 e. The SMILES string of the molecule is N#Cc1ccc(-c2c3c(nn2C2CCC2)CCNCC3)cc1.c1ccc(-c2c3c(nn2C2CC2)CCNCC3)cc1. The number of hydrogen-bond acceptors (Lipinski definition) is 5. The van der Waals surface area contributed by atoms with E-state index in [1.54, 1.807) is 0 Å². The van der Waals surface area contributed by atoms with Crippen molar-refractivity contribution in [2.75, 3.05) is 26.2 Å². The molecule has 0 radical (unpaired) electrons. The predicted molar refractivity (Wildman–Crippen MR) is 162 cm³/mol. The molecular formula is C34H39N7. The van der Waals surface area contributed by atoms with Crippen LogP contribution in [0.25, 0.3) is 22.5 Å². The van der Waals surface area contributed by atoms with E-state index in [0.29, 0.717) is 17.6 Å². The number of rotatable bonds is 4. The number of benzene rings is 2. The van der Waals surface area contributed by atoms with Crippen molar-refractivity contribution in [2.24, 2.45) is 0 Å². The summed E-state index contributed by atoms with van der Waals surface area (Å²) in [6, 6.07) is 22.1. The number of nitriles is 1. The summed E-state index contributed by atoms with van der Waals surface area (Å²) in [6.07, 6.45) is 10.6. The van der Waals surface area contributed by atoms with Crippen molar-refractivity contribution >= 4 is 0 Å². The Morgan fingerprint density at radius 1 is 0.634 bits per heavy atom. The molecule has 0 saturated heterocycles. The molecule has 4 aromatic rings. The number of fused-ring (bicyclic) bond motifs is 2. The Hall–Kier alpha value is -3.73. The average molecular weight is 546 g/mol. The summed E-state index contributed by atoms with van der Waals surface area (Å²) in [5.41, 5.74) is 11.4. The Morgan fingerprint density at radius 3 is 1.63 bits per heavy atom. The number of nitrogens with one attached hydrogen (secondary N) is 2. The Kier molecular flexibility index (Phi) is 7.43. The van der Waals surface area contributed by atoms with E-state index in [2.05, 4.69) is 68.5 Å². The first-order valence-corrected chi connectivity index (χ1v) is 15.5. The van der Waals surface area contributed by atoms with Gasteiger partial charge in [-0.1, -0.05) is 42.5 Å². The largest absolute Gasteiger partial charge is 0.316 e. The highest BCUT2D eigenvalue weighted by Gasteiger charge is 2.31. The van der Waals surface area contributed by atoms with E-state index in [1.807, 2.05) is 12.1 Å². The minimum Gasteiger partial charge on any atom is -0.316 e. The molecule has 0 atom stereocenters. The van der Waals surface area contributed by atoms with Crippen LogP contribution in [0.3, 0.4) is 0 Å². The third kappa shape index (κ3) is 5.35. The summed E-state index contributed by atoms with van der Waals surface area (Å²) >= 11 is 0. The summed E-state index contributed by atoms with van der Waals surface area (Å²) < 4.78 is 4.59. The topological polar surface area (TPSA) is 83.5 Å². The van der Waals surface area contributed by atoms with Crippen LogP contribution in [0.15, 0.2) is 54.6 Å². The second-order valence-corrected chi connectivity index (χ2v) is 11.8. The monoisotopic (exact) mass is 545 g/mol. The molecule has 2 aliphatic carbocycles. The van der Waals surface area contributed by atoms with E-state index in [4.69, 9.17) is 15.5 Å². The van der Waals surface area contributed by atoms with Crippen molar-refractivity contribution < 1.29 is 0 Å². The zero-order valence-corrected chi connectivity index (χ0v) is 23.8. The van der Waals surface area contributed by atoms with Crippen LogP contribution in [0.4, 0.5) is 0 Å². The highest BCUT2D eigenvalue weighted by molar-refractivity contribution is 5.67. The molecule has 2 aliphatic heterocycles. The summed E-state index contributed by atoms with van der Waals surface area (Å²) in [5, 5.41) is 25.8. The van der Waals surface area contributed by atoms with Gasteiger partial charge < -0.3 is 10.6 Å². The van der Waals surface area contributed by atoms with E-state index in [0.717, 1.165) is 51.9 Å². The van der Waals surface area contributed by atoms with Crippen LogP contribution in [-0.2, 0) is 25.7 Å². The third-order valence-electron chi connectivity index (χ3n) is 9.01. The summed E-state index contributed by atoms with van der Waals surface area (Å²) in [6.45, 7) is 4.17. The molecule has 2 aromatic carbocycles. The molecule has 0 spiro atoms. The molecule has 41 heavy (non-hydrogen) atoms. The number of nitrogens with zero attached hydrogens (tertiary/aromatic N) is 5. The fourth-order valence-electron chi connectivity index (χ4n) is 6.44. The fraction of sp³-hybridized carbons (Fsp3) is 0.441. The van der Waals surface area contributed by atoms with Crippen molar-refractivity contribution in [1.29, 1.82) is 5.26 Å². The summed E-state index contributed by atoms with van der Waals surface area (Å²) in [7, 11) is 0. The lowest BCUT2D eigenvalue weighted by atomic mass is 9.92. The lowest BCUT2D eigenvalue weighted by molar-refractivity contribution is 0.290. The van der Waals surface area contributed by atoms with Crippen molar-refractivity contribution in [3.63, 3.8) is 0 Å². The highest BCUT2D eigenvalue weighted by Crippen LogP contribution is 2.41. The molecule has 7 nitrogen and oxygen atoms in total. The van der Waals surface area contributed by atoms with E-state index in [1.165, 1.54) is 77.1 Å². The van der Waals surface area contributed by atoms with Gasteiger partial charge in [-0.3, -0.25) is 9.36 Å². The van der Waals surface area contributed by atoms with Gasteiger partial charge in [0.25, 0.3) is 0 Å². The summed E-state index contributed by atoms with van der Waals surface area (Å²) in [5.74, 6) is 0. The molecule has 0 unspecified atom stereocenters. The Bertz CT molecular complexity index is 1530. The maximum atomic E-state index is 9.00. The molecule has 4 heterocycles. The van der Waals surface area contributed by atoms with Crippen molar-refractivity contribution in [1.82, 2.24) is 30.2 Å². The second-order valence-electron chi connectivity index (χ2n) is 11.8. The first-order valence-electron chi connectivity index (χ1n) is 15.5. The molecule has 2 aromatic heterocycles. The van der Waals surface area contributed by atoms with Gasteiger partial charge in [-0.15, -0.1) is 0 Å². The zero-order valence-electron chi connectivity index (χ0n) is 23.8. The number of aromatic nitrogens is 4. The summed E-state index contributed by atoms with van der Waals surface area (Å²) in [4.78, 5) is 0. The van der Waals surface area contributed by atoms with Gasteiger partial charge >= 0.3 is 0 Å². The number of hydrogen-bond donors (Lipinski definition) is 2. The molecule has 2 N–H and O–H groups in total. The van der Waals surface area contributed by atoms with Crippen molar-refractivity contribution in [3.8, 4) is 28.6 Å². The lowest BCUT2D eigenvalue weighted by Gasteiger charge is -2.28. The third-order valence-corrected chi connectivity index (χ3v) is 9.01. The molecule has 2 saturated carbocycles. The minimum atomic E-state index is 0.561. The average Bonchev–Trinajstić information content (AvgIpc) is 3.77. The van der Waals surface area contributed by atoms with Gasteiger partial charge in [0.15, 0.2) is 0 Å². The standard InChI is InChI=1S/C18H20N4.C16H19N3/c19-12-13-4-6-14(7-5-13)18-16-8-10-20-11-9-17(16)21-22(18)15-2-1-3-15;1-2-4-12(5-3-1)16-14-8-10-17-11-9-15(14)18-19(16)13-6-7-13/h4-7,15,20H,1-3,8-11H2;1-5,13,17H,6-11H2. The van der Waals surface area contributed by atoms with E-state index in [9.17, 15) is 0 Å². The van der Waals surface area contributed by atoms with Gasteiger partial charge in [0.05, 0.1) is 46.5 Å². The normalized spacial score (nSPS) is 18.5. The molecule has 4 aliphatic rings. The Morgan fingerprint density at radius 2 is 1.15 bits per heavy atom. The minimum absolute atomic E-state index is 0.561. The van der Waals surface area contributed by atoms with Crippen LogP contribution < -0.4 is 10.6 Å². The maximum absolute atomic E-state index is 9.00. The van der Waals surface area contributed by atoms with Crippen molar-refractivity contribution in [2.45, 2.75) is 69.9 Å². The van der Waals surface area contributed by atoms with Gasteiger partial charge in [0, 0.05) is 48.2 Å².